The van der Waals surface area contributed by atoms with Crippen molar-refractivity contribution in [1.82, 2.24) is 4.90 Å². The van der Waals surface area contributed by atoms with Gasteiger partial charge in [0.1, 0.15) is 6.29 Å². The van der Waals surface area contributed by atoms with Crippen LogP contribution in [0.3, 0.4) is 0 Å². The van der Waals surface area contributed by atoms with Crippen molar-refractivity contribution in [3.8, 4) is 0 Å². The molecule has 0 radical (unpaired) electrons. The minimum Gasteiger partial charge on any atom is -0.449 e. The second kappa shape index (κ2) is 11.5. The van der Waals surface area contributed by atoms with Gasteiger partial charge in [-0.15, -0.1) is 0 Å². The summed E-state index contributed by atoms with van der Waals surface area (Å²) in [6, 6.07) is 8.12. The zero-order chi connectivity index (χ0) is 18.7. The largest absolute Gasteiger partial charge is 0.449 e. The Morgan fingerprint density at radius 2 is 1.80 bits per heavy atom. The summed E-state index contributed by atoms with van der Waals surface area (Å²) in [5.41, 5.74) is 4.09. The monoisotopic (exact) mass is 345 g/mol. The Hall–Kier alpha value is -2.10. The number of hydrogen-bond donors (Lipinski definition) is 0. The summed E-state index contributed by atoms with van der Waals surface area (Å²) in [5, 5.41) is 0. The highest BCUT2D eigenvalue weighted by Crippen LogP contribution is 2.28. The van der Waals surface area contributed by atoms with E-state index in [2.05, 4.69) is 26.0 Å². The van der Waals surface area contributed by atoms with Crippen molar-refractivity contribution in [1.29, 1.82) is 0 Å². The third-order valence-corrected chi connectivity index (χ3v) is 4.40. The van der Waals surface area contributed by atoms with E-state index in [4.69, 9.17) is 4.74 Å². The highest BCUT2D eigenvalue weighted by molar-refractivity contribution is 5.89. The van der Waals surface area contributed by atoms with Crippen molar-refractivity contribution < 1.29 is 14.3 Å². The number of unbranched alkanes of at least 4 members (excludes halogenated alkanes) is 1. The molecule has 1 amide bonds. The van der Waals surface area contributed by atoms with E-state index in [0.29, 0.717) is 19.5 Å². The van der Waals surface area contributed by atoms with Crippen LogP contribution in [0.15, 0.2) is 29.8 Å². The Labute approximate surface area is 151 Å². The number of benzene rings is 1. The van der Waals surface area contributed by atoms with Crippen LogP contribution in [0.25, 0.3) is 5.57 Å². The van der Waals surface area contributed by atoms with Gasteiger partial charge < -0.3 is 9.64 Å². The number of nitrogens with zero attached hydrogens (tertiary/aromatic N) is 1. The number of allylic oxidation sites excluding steroid dienone is 1. The van der Waals surface area contributed by atoms with Crippen LogP contribution >= 0.6 is 0 Å². The van der Waals surface area contributed by atoms with Crippen LogP contribution in [-0.2, 0) is 9.53 Å². The van der Waals surface area contributed by atoms with Gasteiger partial charge in [0.25, 0.3) is 0 Å². The molecular weight excluding hydrogens is 314 g/mol. The van der Waals surface area contributed by atoms with E-state index in [9.17, 15) is 9.59 Å². The first kappa shape index (κ1) is 20.9. The van der Waals surface area contributed by atoms with E-state index in [-0.39, 0.29) is 12.7 Å². The molecule has 0 aliphatic rings. The number of aryl methyl sites for hydroxylation is 1. The molecule has 4 nitrogen and oxygen atoms in total. The van der Waals surface area contributed by atoms with Gasteiger partial charge in [0, 0.05) is 19.5 Å². The van der Waals surface area contributed by atoms with Gasteiger partial charge >= 0.3 is 6.09 Å². The molecule has 4 heteroatoms. The first-order valence-electron chi connectivity index (χ1n) is 9.23. The zero-order valence-corrected chi connectivity index (χ0v) is 16.0. The number of carbonyl (C=O) groups is 2. The number of ether oxygens (including phenoxy) is 1. The summed E-state index contributed by atoms with van der Waals surface area (Å²) in [5.74, 6) is 0. The molecule has 0 aromatic heterocycles. The summed E-state index contributed by atoms with van der Waals surface area (Å²) < 4.78 is 5.33. The van der Waals surface area contributed by atoms with Crippen LogP contribution in [0.2, 0.25) is 0 Å². The zero-order valence-electron chi connectivity index (χ0n) is 16.0. The molecule has 0 saturated carbocycles. The summed E-state index contributed by atoms with van der Waals surface area (Å²) >= 11 is 0. The third-order valence-electron chi connectivity index (χ3n) is 4.40. The number of rotatable bonds is 10. The minimum atomic E-state index is -0.318. The highest BCUT2D eigenvalue weighted by atomic mass is 16.6. The van der Waals surface area contributed by atoms with E-state index in [1.54, 1.807) is 4.90 Å². The van der Waals surface area contributed by atoms with Crippen molar-refractivity contribution in [3.63, 3.8) is 0 Å². The Kier molecular flexibility index (Phi) is 9.60. The normalized spacial score (nSPS) is 11.7. The summed E-state index contributed by atoms with van der Waals surface area (Å²) in [6.45, 7) is 9.51. The maximum absolute atomic E-state index is 11.9. The van der Waals surface area contributed by atoms with Crippen molar-refractivity contribution in [2.75, 3.05) is 19.7 Å². The fraction of sp³-hybridized carbons (Fsp3) is 0.524. The van der Waals surface area contributed by atoms with Gasteiger partial charge in [-0.2, -0.15) is 0 Å². The molecule has 0 saturated heterocycles. The van der Waals surface area contributed by atoms with Crippen molar-refractivity contribution in [2.24, 2.45) is 0 Å². The lowest BCUT2D eigenvalue weighted by atomic mass is 9.91. The van der Waals surface area contributed by atoms with Gasteiger partial charge in [0.15, 0.2) is 0 Å². The van der Waals surface area contributed by atoms with Crippen LogP contribution in [0, 0.1) is 6.92 Å². The van der Waals surface area contributed by atoms with E-state index in [0.717, 1.165) is 47.8 Å². The predicted octanol–water partition coefficient (Wildman–Crippen LogP) is 5.01. The number of aldehydes is 1. The molecule has 0 spiro atoms. The predicted molar refractivity (Wildman–Crippen MR) is 103 cm³/mol. The molecular formula is C21H31NO3. The molecule has 0 bridgehead atoms. The molecule has 1 rings (SSSR count). The van der Waals surface area contributed by atoms with Gasteiger partial charge in [0.2, 0.25) is 0 Å². The first-order chi connectivity index (χ1) is 12.1. The van der Waals surface area contributed by atoms with E-state index in [1.165, 1.54) is 0 Å². The maximum Gasteiger partial charge on any atom is 0.409 e. The second-order valence-electron chi connectivity index (χ2n) is 6.08. The van der Waals surface area contributed by atoms with Gasteiger partial charge in [-0.05, 0) is 55.9 Å². The minimum absolute atomic E-state index is 0.227. The van der Waals surface area contributed by atoms with Gasteiger partial charge in [-0.25, -0.2) is 4.79 Å². The van der Waals surface area contributed by atoms with E-state index in [1.807, 2.05) is 26.0 Å². The summed E-state index contributed by atoms with van der Waals surface area (Å²) in [4.78, 5) is 25.3. The first-order valence-corrected chi connectivity index (χ1v) is 9.23. The molecule has 1 aromatic rings. The smallest absolute Gasteiger partial charge is 0.409 e. The number of hydrogen-bond acceptors (Lipinski definition) is 3. The van der Waals surface area contributed by atoms with Crippen LogP contribution in [0.1, 0.15) is 57.6 Å². The van der Waals surface area contributed by atoms with Crippen LogP contribution in [0.5, 0.6) is 0 Å². The van der Waals surface area contributed by atoms with Gasteiger partial charge in [-0.3, -0.25) is 4.79 Å². The molecule has 138 valence electrons. The topological polar surface area (TPSA) is 46.6 Å². The Morgan fingerprint density at radius 1 is 1.12 bits per heavy atom. The SMILES string of the molecule is CCCC/C(=C(/C=O)CCOC(=O)N(CC)CC)c1ccccc1C. The summed E-state index contributed by atoms with van der Waals surface area (Å²) in [6.07, 6.45) is 4.01. The average molecular weight is 345 g/mol. The van der Waals surface area contributed by atoms with Crippen LogP contribution in [-0.4, -0.2) is 37.0 Å². The molecule has 0 N–H and O–H groups in total. The molecule has 0 aliphatic heterocycles. The molecule has 25 heavy (non-hydrogen) atoms. The summed E-state index contributed by atoms with van der Waals surface area (Å²) in [7, 11) is 0. The molecule has 0 heterocycles. The number of amides is 1. The van der Waals surface area contributed by atoms with Crippen LogP contribution in [0.4, 0.5) is 4.79 Å². The lowest BCUT2D eigenvalue weighted by Crippen LogP contribution is -2.31. The van der Waals surface area contributed by atoms with E-state index < -0.39 is 0 Å². The molecule has 1 aromatic carbocycles. The quantitative estimate of drug-likeness (QED) is 0.442. The molecule has 0 atom stereocenters. The van der Waals surface area contributed by atoms with Crippen molar-refractivity contribution >= 4 is 18.0 Å². The van der Waals surface area contributed by atoms with Crippen LogP contribution < -0.4 is 0 Å². The molecule has 0 fully saturated rings. The van der Waals surface area contributed by atoms with E-state index >= 15 is 0 Å². The maximum atomic E-state index is 11.9. The standard InChI is InChI=1S/C21H31NO3/c1-5-8-12-20(19-13-10-9-11-17(19)4)18(16-23)14-15-25-21(24)22(6-2)7-3/h9-11,13,16H,5-8,12,14-15H2,1-4H3/b20-18-. The lowest BCUT2D eigenvalue weighted by Gasteiger charge is -2.19. The molecule has 0 aliphatic carbocycles. The fourth-order valence-electron chi connectivity index (χ4n) is 2.84. The Bertz CT molecular complexity index is 589. The Morgan fingerprint density at radius 3 is 2.36 bits per heavy atom. The van der Waals surface area contributed by atoms with Crippen molar-refractivity contribution in [2.45, 2.75) is 53.4 Å². The lowest BCUT2D eigenvalue weighted by molar-refractivity contribution is -0.105. The molecule has 0 unspecified atom stereocenters. The average Bonchev–Trinajstić information content (AvgIpc) is 2.62. The fourth-order valence-corrected chi connectivity index (χ4v) is 2.84. The second-order valence-corrected chi connectivity index (χ2v) is 6.08. The third kappa shape index (κ3) is 6.37. The van der Waals surface area contributed by atoms with Gasteiger partial charge in [0.05, 0.1) is 6.61 Å². The highest BCUT2D eigenvalue weighted by Gasteiger charge is 2.14. The van der Waals surface area contributed by atoms with Gasteiger partial charge in [-0.1, -0.05) is 37.6 Å². The number of carbonyl (C=O) groups excluding carboxylic acids is 2. The Balaban J connectivity index is 2.93. The van der Waals surface area contributed by atoms with Crippen molar-refractivity contribution in [3.05, 3.63) is 41.0 Å².